The lowest BCUT2D eigenvalue weighted by molar-refractivity contribution is -0.144. The molecule has 2 rings (SSSR count). The first kappa shape index (κ1) is 15.8. The van der Waals surface area contributed by atoms with E-state index in [0.717, 1.165) is 19.5 Å². The number of piperazine rings is 1. The van der Waals surface area contributed by atoms with E-state index < -0.39 is 0 Å². The van der Waals surface area contributed by atoms with Crippen LogP contribution in [-0.4, -0.2) is 58.5 Å². The molecule has 2 heterocycles. The molecule has 4 heteroatoms. The molecular weight excluding hydrogens is 250 g/mol. The SMILES string of the molecule is CC(C)(C)N1CCCC2NCC(=O)N(C(C)(C)C)C2C1. The minimum Gasteiger partial charge on any atom is -0.331 e. The summed E-state index contributed by atoms with van der Waals surface area (Å²) < 4.78 is 0. The Hall–Kier alpha value is -0.610. The number of carbonyl (C=O) groups excluding carboxylic acids is 1. The monoisotopic (exact) mass is 281 g/mol. The molecule has 0 aromatic heterocycles. The van der Waals surface area contributed by atoms with Crippen LogP contribution in [0.1, 0.15) is 54.4 Å². The topological polar surface area (TPSA) is 35.6 Å². The van der Waals surface area contributed by atoms with Crippen LogP contribution >= 0.6 is 0 Å². The van der Waals surface area contributed by atoms with E-state index in [4.69, 9.17) is 0 Å². The smallest absolute Gasteiger partial charge is 0.237 e. The molecule has 2 aliphatic rings. The summed E-state index contributed by atoms with van der Waals surface area (Å²) in [6.45, 7) is 15.9. The normalized spacial score (nSPS) is 30.1. The van der Waals surface area contributed by atoms with E-state index in [1.54, 1.807) is 0 Å². The fourth-order valence-corrected chi connectivity index (χ4v) is 3.61. The van der Waals surface area contributed by atoms with Gasteiger partial charge in [-0.15, -0.1) is 0 Å². The first-order valence-corrected chi connectivity index (χ1v) is 7.91. The second-order valence-corrected chi connectivity index (χ2v) is 8.25. The van der Waals surface area contributed by atoms with Crippen LogP contribution in [0, 0.1) is 0 Å². The van der Waals surface area contributed by atoms with Gasteiger partial charge in [-0.1, -0.05) is 0 Å². The maximum atomic E-state index is 12.4. The zero-order valence-corrected chi connectivity index (χ0v) is 14.0. The lowest BCUT2D eigenvalue weighted by atomic mass is 9.93. The molecule has 2 aliphatic heterocycles. The van der Waals surface area contributed by atoms with Gasteiger partial charge in [0.1, 0.15) is 0 Å². The van der Waals surface area contributed by atoms with Crippen molar-refractivity contribution < 1.29 is 4.79 Å². The molecule has 0 aliphatic carbocycles. The lowest BCUT2D eigenvalue weighted by Crippen LogP contribution is -2.68. The summed E-state index contributed by atoms with van der Waals surface area (Å²) in [5.74, 6) is 0.245. The Morgan fingerprint density at radius 1 is 1.10 bits per heavy atom. The van der Waals surface area contributed by atoms with Crippen molar-refractivity contribution in [3.05, 3.63) is 0 Å². The summed E-state index contributed by atoms with van der Waals surface area (Å²) in [6.07, 6.45) is 2.37. The average Bonchev–Trinajstić information content (AvgIpc) is 2.48. The number of nitrogens with one attached hydrogen (secondary N) is 1. The zero-order valence-electron chi connectivity index (χ0n) is 14.0. The Kier molecular flexibility index (Phi) is 4.18. The highest BCUT2D eigenvalue weighted by Gasteiger charge is 2.43. The Morgan fingerprint density at radius 2 is 1.75 bits per heavy atom. The number of carbonyl (C=O) groups is 1. The van der Waals surface area contributed by atoms with Crippen LogP contribution in [0.25, 0.3) is 0 Å². The van der Waals surface area contributed by atoms with Crippen LogP contribution in [0.5, 0.6) is 0 Å². The molecule has 0 spiro atoms. The summed E-state index contributed by atoms with van der Waals surface area (Å²) in [4.78, 5) is 17.1. The Morgan fingerprint density at radius 3 is 2.30 bits per heavy atom. The maximum absolute atomic E-state index is 12.4. The maximum Gasteiger partial charge on any atom is 0.237 e. The molecule has 2 fully saturated rings. The van der Waals surface area contributed by atoms with E-state index in [1.165, 1.54) is 6.42 Å². The van der Waals surface area contributed by atoms with Gasteiger partial charge in [-0.05, 0) is 60.9 Å². The van der Waals surface area contributed by atoms with E-state index in [0.29, 0.717) is 12.6 Å². The molecule has 4 nitrogen and oxygen atoms in total. The Bertz CT molecular complexity index is 367. The molecule has 2 atom stereocenters. The molecule has 116 valence electrons. The van der Waals surface area contributed by atoms with Crippen molar-refractivity contribution in [1.29, 1.82) is 0 Å². The molecule has 0 radical (unpaired) electrons. The third kappa shape index (κ3) is 3.17. The fraction of sp³-hybridized carbons (Fsp3) is 0.938. The highest BCUT2D eigenvalue weighted by atomic mass is 16.2. The molecule has 2 saturated heterocycles. The number of amides is 1. The van der Waals surface area contributed by atoms with Gasteiger partial charge in [0.05, 0.1) is 12.6 Å². The number of likely N-dealkylation sites (tertiary alicyclic amines) is 1. The summed E-state index contributed by atoms with van der Waals surface area (Å²) in [5.41, 5.74) is 0.0644. The molecule has 20 heavy (non-hydrogen) atoms. The standard InChI is InChI=1S/C16H31N3O/c1-15(2,3)18-9-7-8-12-13(11-18)19(16(4,5)6)14(20)10-17-12/h12-13,17H,7-11H2,1-6H3. The van der Waals surface area contributed by atoms with Gasteiger partial charge < -0.3 is 10.2 Å². The van der Waals surface area contributed by atoms with Crippen LogP contribution in [0.4, 0.5) is 0 Å². The molecule has 1 amide bonds. The minimum absolute atomic E-state index is 0.101. The number of hydrogen-bond donors (Lipinski definition) is 1. The second-order valence-electron chi connectivity index (χ2n) is 8.25. The average molecular weight is 281 g/mol. The van der Waals surface area contributed by atoms with Crippen LogP contribution in [-0.2, 0) is 4.79 Å². The Labute approximate surface area is 123 Å². The van der Waals surface area contributed by atoms with Crippen molar-refractivity contribution in [2.45, 2.75) is 77.5 Å². The van der Waals surface area contributed by atoms with Crippen molar-refractivity contribution in [2.75, 3.05) is 19.6 Å². The number of hydrogen-bond acceptors (Lipinski definition) is 3. The Balaban J connectivity index is 2.27. The third-order valence-electron chi connectivity index (χ3n) is 4.60. The minimum atomic E-state index is -0.101. The quantitative estimate of drug-likeness (QED) is 0.736. The van der Waals surface area contributed by atoms with Crippen molar-refractivity contribution in [2.24, 2.45) is 0 Å². The van der Waals surface area contributed by atoms with Crippen molar-refractivity contribution in [3.63, 3.8) is 0 Å². The van der Waals surface area contributed by atoms with Crippen molar-refractivity contribution in [1.82, 2.24) is 15.1 Å². The molecule has 0 aromatic rings. The number of nitrogens with zero attached hydrogens (tertiary/aromatic N) is 2. The van der Waals surface area contributed by atoms with Gasteiger partial charge in [0, 0.05) is 23.7 Å². The summed E-state index contributed by atoms with van der Waals surface area (Å²) in [5, 5.41) is 3.47. The van der Waals surface area contributed by atoms with Crippen molar-refractivity contribution in [3.8, 4) is 0 Å². The first-order chi connectivity index (χ1) is 9.10. The van der Waals surface area contributed by atoms with Crippen LogP contribution < -0.4 is 5.32 Å². The van der Waals surface area contributed by atoms with Crippen LogP contribution in [0.15, 0.2) is 0 Å². The van der Waals surface area contributed by atoms with E-state index >= 15 is 0 Å². The summed E-state index contributed by atoms with van der Waals surface area (Å²) in [6, 6.07) is 0.734. The van der Waals surface area contributed by atoms with E-state index in [1.807, 2.05) is 0 Å². The van der Waals surface area contributed by atoms with Gasteiger partial charge in [0.15, 0.2) is 0 Å². The van der Waals surface area contributed by atoms with E-state index in [-0.39, 0.29) is 23.0 Å². The zero-order chi connectivity index (χ0) is 15.1. The van der Waals surface area contributed by atoms with Crippen molar-refractivity contribution >= 4 is 5.91 Å². The van der Waals surface area contributed by atoms with Gasteiger partial charge >= 0.3 is 0 Å². The number of rotatable bonds is 0. The molecular formula is C16H31N3O. The predicted molar refractivity (Wildman–Crippen MR) is 82.7 cm³/mol. The van der Waals surface area contributed by atoms with Gasteiger partial charge in [-0.3, -0.25) is 9.69 Å². The molecule has 0 aromatic carbocycles. The van der Waals surface area contributed by atoms with Gasteiger partial charge in [-0.2, -0.15) is 0 Å². The predicted octanol–water partition coefficient (Wildman–Crippen LogP) is 1.85. The number of fused-ring (bicyclic) bond motifs is 1. The second kappa shape index (κ2) is 5.30. The van der Waals surface area contributed by atoms with Gasteiger partial charge in [-0.25, -0.2) is 0 Å². The summed E-state index contributed by atoms with van der Waals surface area (Å²) >= 11 is 0. The van der Waals surface area contributed by atoms with Crippen LogP contribution in [0.2, 0.25) is 0 Å². The molecule has 2 unspecified atom stereocenters. The molecule has 0 saturated carbocycles. The third-order valence-corrected chi connectivity index (χ3v) is 4.60. The van der Waals surface area contributed by atoms with E-state index in [9.17, 15) is 4.79 Å². The fourth-order valence-electron chi connectivity index (χ4n) is 3.61. The largest absolute Gasteiger partial charge is 0.331 e. The summed E-state index contributed by atoms with van der Waals surface area (Å²) in [7, 11) is 0. The highest BCUT2D eigenvalue weighted by molar-refractivity contribution is 5.80. The van der Waals surface area contributed by atoms with Gasteiger partial charge in [0.2, 0.25) is 5.91 Å². The first-order valence-electron chi connectivity index (χ1n) is 7.91. The van der Waals surface area contributed by atoms with E-state index in [2.05, 4.69) is 56.7 Å². The molecule has 1 N–H and O–H groups in total. The van der Waals surface area contributed by atoms with Gasteiger partial charge in [0.25, 0.3) is 0 Å². The highest BCUT2D eigenvalue weighted by Crippen LogP contribution is 2.29. The molecule has 0 bridgehead atoms. The van der Waals surface area contributed by atoms with Crippen LogP contribution in [0.3, 0.4) is 0 Å². The lowest BCUT2D eigenvalue weighted by Gasteiger charge is -2.50.